The Morgan fingerprint density at radius 1 is 0.941 bits per heavy atom. The number of phenols is 1. The van der Waals surface area contributed by atoms with E-state index >= 15 is 0 Å². The second kappa shape index (κ2) is 5.30. The highest BCUT2D eigenvalue weighted by Crippen LogP contribution is 2.12. The highest BCUT2D eigenvalue weighted by atomic mass is 16.3. The fourth-order valence-corrected chi connectivity index (χ4v) is 1.69. The van der Waals surface area contributed by atoms with Gasteiger partial charge in [0.25, 0.3) is 0 Å². The number of aromatic hydroxyl groups is 1. The van der Waals surface area contributed by atoms with Crippen molar-refractivity contribution in [3.63, 3.8) is 0 Å². The van der Waals surface area contributed by atoms with Crippen LogP contribution in [-0.2, 0) is 6.42 Å². The standard InChI is InChI=1S/C15H14O2/c16-14-9-7-13(8-10-14)15(17)11-6-12-4-2-1-3-5-12/h1-5,7-10,16H,6,11H2. The van der Waals surface area contributed by atoms with Crippen LogP contribution in [0.4, 0.5) is 0 Å². The molecular weight excluding hydrogens is 212 g/mol. The summed E-state index contributed by atoms with van der Waals surface area (Å²) in [5.74, 6) is 0.290. The Kier molecular flexibility index (Phi) is 3.55. The van der Waals surface area contributed by atoms with Gasteiger partial charge in [0.2, 0.25) is 0 Å². The molecule has 0 amide bonds. The van der Waals surface area contributed by atoms with Gasteiger partial charge in [-0.15, -0.1) is 0 Å². The lowest BCUT2D eigenvalue weighted by atomic mass is 10.0. The van der Waals surface area contributed by atoms with Crippen molar-refractivity contribution in [2.24, 2.45) is 0 Å². The fourth-order valence-electron chi connectivity index (χ4n) is 1.69. The number of rotatable bonds is 4. The largest absolute Gasteiger partial charge is 0.508 e. The quantitative estimate of drug-likeness (QED) is 0.813. The van der Waals surface area contributed by atoms with Crippen molar-refractivity contribution in [2.45, 2.75) is 12.8 Å². The molecule has 17 heavy (non-hydrogen) atoms. The summed E-state index contributed by atoms with van der Waals surface area (Å²) < 4.78 is 0. The molecule has 0 saturated carbocycles. The molecule has 0 aliphatic rings. The van der Waals surface area contributed by atoms with Gasteiger partial charge in [-0.2, -0.15) is 0 Å². The summed E-state index contributed by atoms with van der Waals surface area (Å²) in [4.78, 5) is 11.8. The van der Waals surface area contributed by atoms with Gasteiger partial charge in [0, 0.05) is 12.0 Å². The molecule has 1 N–H and O–H groups in total. The van der Waals surface area contributed by atoms with Crippen LogP contribution in [0.25, 0.3) is 0 Å². The first-order chi connectivity index (χ1) is 8.25. The Bertz CT molecular complexity index is 486. The molecule has 0 bridgehead atoms. The molecule has 0 aromatic heterocycles. The molecule has 0 unspecified atom stereocenters. The van der Waals surface area contributed by atoms with E-state index in [0.717, 1.165) is 6.42 Å². The zero-order valence-electron chi connectivity index (χ0n) is 9.47. The number of carbonyl (C=O) groups is 1. The Balaban J connectivity index is 1.96. The number of benzene rings is 2. The van der Waals surface area contributed by atoms with Gasteiger partial charge in [-0.3, -0.25) is 4.79 Å². The first kappa shape index (κ1) is 11.4. The number of Topliss-reactive ketones (excluding diaryl/α,β-unsaturated/α-hetero) is 1. The summed E-state index contributed by atoms with van der Waals surface area (Å²) in [6, 6.07) is 16.3. The Hall–Kier alpha value is -2.09. The predicted octanol–water partition coefficient (Wildman–Crippen LogP) is 3.21. The lowest BCUT2D eigenvalue weighted by Gasteiger charge is -2.02. The molecule has 2 aromatic carbocycles. The summed E-state index contributed by atoms with van der Waals surface area (Å²) in [5, 5.41) is 9.14. The van der Waals surface area contributed by atoms with Crippen LogP contribution >= 0.6 is 0 Å². The maximum Gasteiger partial charge on any atom is 0.163 e. The summed E-state index contributed by atoms with van der Waals surface area (Å²) in [6.45, 7) is 0. The second-order valence-corrected chi connectivity index (χ2v) is 3.96. The molecular formula is C15H14O2. The minimum absolute atomic E-state index is 0.105. The van der Waals surface area contributed by atoms with Crippen LogP contribution in [0, 0.1) is 0 Å². The maximum absolute atomic E-state index is 11.8. The average Bonchev–Trinajstić information content (AvgIpc) is 2.38. The molecule has 2 rings (SSSR count). The molecule has 0 heterocycles. The molecule has 0 aliphatic heterocycles. The molecule has 86 valence electrons. The van der Waals surface area contributed by atoms with Crippen molar-refractivity contribution < 1.29 is 9.90 Å². The number of ketones is 1. The molecule has 0 radical (unpaired) electrons. The zero-order valence-corrected chi connectivity index (χ0v) is 9.47. The van der Waals surface area contributed by atoms with Crippen LogP contribution in [0.2, 0.25) is 0 Å². The van der Waals surface area contributed by atoms with Crippen LogP contribution in [0.1, 0.15) is 22.3 Å². The molecule has 2 nitrogen and oxygen atoms in total. The highest BCUT2D eigenvalue weighted by molar-refractivity contribution is 5.96. The van der Waals surface area contributed by atoms with E-state index in [1.54, 1.807) is 12.1 Å². The van der Waals surface area contributed by atoms with E-state index in [4.69, 9.17) is 5.11 Å². The van der Waals surface area contributed by atoms with Crippen molar-refractivity contribution in [2.75, 3.05) is 0 Å². The van der Waals surface area contributed by atoms with Gasteiger partial charge in [-0.1, -0.05) is 30.3 Å². The Morgan fingerprint density at radius 2 is 1.59 bits per heavy atom. The third-order valence-corrected chi connectivity index (χ3v) is 2.67. The number of carbonyl (C=O) groups excluding carboxylic acids is 1. The molecule has 2 aromatic rings. The summed E-state index contributed by atoms with van der Waals surface area (Å²) in [7, 11) is 0. The Labute approximate surface area is 101 Å². The van der Waals surface area contributed by atoms with E-state index in [1.807, 2.05) is 30.3 Å². The molecule has 0 saturated heterocycles. The fraction of sp³-hybridized carbons (Fsp3) is 0.133. The van der Waals surface area contributed by atoms with Gasteiger partial charge in [0.05, 0.1) is 0 Å². The van der Waals surface area contributed by atoms with Crippen molar-refractivity contribution in [1.82, 2.24) is 0 Å². The van der Waals surface area contributed by atoms with Crippen molar-refractivity contribution in [3.8, 4) is 5.75 Å². The SMILES string of the molecule is O=C(CCc1ccccc1)c1ccc(O)cc1. The first-order valence-corrected chi connectivity index (χ1v) is 5.62. The van der Waals surface area contributed by atoms with Gasteiger partial charge in [-0.25, -0.2) is 0 Å². The normalized spacial score (nSPS) is 10.1. The summed E-state index contributed by atoms with van der Waals surface area (Å²) >= 11 is 0. The van der Waals surface area contributed by atoms with E-state index in [1.165, 1.54) is 17.7 Å². The van der Waals surface area contributed by atoms with Gasteiger partial charge in [-0.05, 0) is 36.2 Å². The van der Waals surface area contributed by atoms with Crippen molar-refractivity contribution in [3.05, 3.63) is 65.7 Å². The maximum atomic E-state index is 11.8. The summed E-state index contributed by atoms with van der Waals surface area (Å²) in [6.07, 6.45) is 1.25. The first-order valence-electron chi connectivity index (χ1n) is 5.62. The average molecular weight is 226 g/mol. The smallest absolute Gasteiger partial charge is 0.163 e. The van der Waals surface area contributed by atoms with Gasteiger partial charge in [0.1, 0.15) is 5.75 Å². The van der Waals surface area contributed by atoms with Crippen LogP contribution in [0.5, 0.6) is 5.75 Å². The molecule has 0 spiro atoms. The van der Waals surface area contributed by atoms with Crippen molar-refractivity contribution in [1.29, 1.82) is 0 Å². The van der Waals surface area contributed by atoms with Crippen molar-refractivity contribution >= 4 is 5.78 Å². The minimum Gasteiger partial charge on any atom is -0.508 e. The second-order valence-electron chi connectivity index (χ2n) is 3.96. The number of hydrogen-bond donors (Lipinski definition) is 1. The molecule has 0 aliphatic carbocycles. The Morgan fingerprint density at radius 3 is 2.24 bits per heavy atom. The van der Waals surface area contributed by atoms with Gasteiger partial charge < -0.3 is 5.11 Å². The van der Waals surface area contributed by atoms with E-state index in [-0.39, 0.29) is 11.5 Å². The van der Waals surface area contributed by atoms with E-state index in [9.17, 15) is 4.79 Å². The number of phenolic OH excluding ortho intramolecular Hbond substituents is 1. The summed E-state index contributed by atoms with van der Waals surface area (Å²) in [5.41, 5.74) is 1.82. The van der Waals surface area contributed by atoms with Crippen LogP contribution in [0.15, 0.2) is 54.6 Å². The van der Waals surface area contributed by atoms with Gasteiger partial charge in [0.15, 0.2) is 5.78 Å². The van der Waals surface area contributed by atoms with Crippen LogP contribution in [0.3, 0.4) is 0 Å². The lowest BCUT2D eigenvalue weighted by Crippen LogP contribution is -2.00. The van der Waals surface area contributed by atoms with E-state index in [2.05, 4.69) is 0 Å². The molecule has 2 heteroatoms. The predicted molar refractivity (Wildman–Crippen MR) is 67.2 cm³/mol. The van der Waals surface area contributed by atoms with E-state index < -0.39 is 0 Å². The minimum atomic E-state index is 0.105. The number of aryl methyl sites for hydroxylation is 1. The zero-order chi connectivity index (χ0) is 12.1. The lowest BCUT2D eigenvalue weighted by molar-refractivity contribution is 0.0983. The molecule has 0 atom stereocenters. The van der Waals surface area contributed by atoms with Crippen LogP contribution < -0.4 is 0 Å². The highest BCUT2D eigenvalue weighted by Gasteiger charge is 2.05. The van der Waals surface area contributed by atoms with E-state index in [0.29, 0.717) is 12.0 Å². The van der Waals surface area contributed by atoms with Gasteiger partial charge >= 0.3 is 0 Å². The molecule has 0 fully saturated rings. The van der Waals surface area contributed by atoms with Crippen LogP contribution in [-0.4, -0.2) is 10.9 Å². The third-order valence-electron chi connectivity index (χ3n) is 2.67. The third kappa shape index (κ3) is 3.18. The topological polar surface area (TPSA) is 37.3 Å². The monoisotopic (exact) mass is 226 g/mol. The number of hydrogen-bond acceptors (Lipinski definition) is 2.